The number of benzene rings is 1. The molecule has 0 aliphatic heterocycles. The van der Waals surface area contributed by atoms with E-state index in [0.717, 1.165) is 0 Å². The van der Waals surface area contributed by atoms with E-state index in [1.807, 2.05) is 11.3 Å². The van der Waals surface area contributed by atoms with Crippen LogP contribution in [0.15, 0.2) is 29.6 Å². The minimum absolute atomic E-state index is 1.26. The molecule has 2 aromatic rings. The van der Waals surface area contributed by atoms with Gasteiger partial charge in [-0.25, -0.2) is 0 Å². The lowest BCUT2D eigenvalue weighted by atomic mass is 10.0. The van der Waals surface area contributed by atoms with E-state index in [1.54, 1.807) is 0 Å². The lowest BCUT2D eigenvalue weighted by Gasteiger charge is -2.04. The molecule has 1 aromatic carbocycles. The van der Waals surface area contributed by atoms with E-state index in [0.29, 0.717) is 0 Å². The largest absolute Gasteiger partial charge is 0.144 e. The van der Waals surface area contributed by atoms with Crippen LogP contribution in [0.2, 0.25) is 0 Å². The van der Waals surface area contributed by atoms with Crippen molar-refractivity contribution in [3.8, 4) is 0 Å². The van der Waals surface area contributed by atoms with Crippen LogP contribution in [0.5, 0.6) is 0 Å². The first-order valence-corrected chi connectivity index (χ1v) is 11.7. The van der Waals surface area contributed by atoms with Gasteiger partial charge in [0.1, 0.15) is 0 Å². The van der Waals surface area contributed by atoms with Gasteiger partial charge in [-0.1, -0.05) is 103 Å². The molecule has 0 bridgehead atoms. The molecule has 1 heteroatoms. The van der Waals surface area contributed by atoms with Crippen molar-refractivity contribution in [2.75, 3.05) is 0 Å². The fourth-order valence-electron chi connectivity index (χ4n) is 3.68. The zero-order valence-electron chi connectivity index (χ0n) is 16.4. The third kappa shape index (κ3) is 8.90. The van der Waals surface area contributed by atoms with E-state index in [2.05, 4.69) is 36.6 Å². The molecule has 0 nitrogen and oxygen atoms in total. The number of hydrogen-bond donors (Lipinski definition) is 0. The molecule has 140 valence electrons. The van der Waals surface area contributed by atoms with Gasteiger partial charge < -0.3 is 0 Å². The number of hydrogen-bond acceptors (Lipinski definition) is 1. The van der Waals surface area contributed by atoms with Gasteiger partial charge >= 0.3 is 0 Å². The van der Waals surface area contributed by atoms with Gasteiger partial charge in [0, 0.05) is 4.70 Å². The van der Waals surface area contributed by atoms with Crippen molar-refractivity contribution in [1.29, 1.82) is 0 Å². The molecule has 0 aliphatic rings. The zero-order chi connectivity index (χ0) is 17.6. The quantitative estimate of drug-likeness (QED) is 0.279. The van der Waals surface area contributed by atoms with E-state index in [4.69, 9.17) is 0 Å². The minimum atomic E-state index is 1.26. The molecule has 0 saturated carbocycles. The summed E-state index contributed by atoms with van der Waals surface area (Å²) in [5.41, 5.74) is 1.52. The van der Waals surface area contributed by atoms with Crippen LogP contribution in [0.3, 0.4) is 0 Å². The molecule has 0 unspecified atom stereocenters. The number of thiophene rings is 1. The molecule has 0 atom stereocenters. The predicted octanol–water partition coefficient (Wildman–Crippen LogP) is 8.93. The van der Waals surface area contributed by atoms with Crippen molar-refractivity contribution in [2.24, 2.45) is 0 Å². The molecule has 0 amide bonds. The lowest BCUT2D eigenvalue weighted by molar-refractivity contribution is 0.535. The zero-order valence-corrected chi connectivity index (χ0v) is 17.2. The summed E-state index contributed by atoms with van der Waals surface area (Å²) in [6, 6.07) is 9.21. The van der Waals surface area contributed by atoms with Gasteiger partial charge in [0.2, 0.25) is 0 Å². The first-order chi connectivity index (χ1) is 12.4. The summed E-state index contributed by atoms with van der Waals surface area (Å²) in [7, 11) is 0. The Kier molecular flexibility index (Phi) is 11.0. The fraction of sp³-hybridized carbons (Fsp3) is 0.667. The highest BCUT2D eigenvalue weighted by Gasteiger charge is 1.99. The maximum atomic E-state index is 2.39. The predicted molar refractivity (Wildman–Crippen MR) is 116 cm³/mol. The highest BCUT2D eigenvalue weighted by Crippen LogP contribution is 2.23. The molecule has 0 aliphatic carbocycles. The summed E-state index contributed by atoms with van der Waals surface area (Å²) < 4.78 is 1.45. The second-order valence-corrected chi connectivity index (χ2v) is 8.59. The third-order valence-electron chi connectivity index (χ3n) is 5.34. The van der Waals surface area contributed by atoms with Gasteiger partial charge in [-0.15, -0.1) is 11.3 Å². The standard InChI is InChI=1S/C24H38S/c1-2-3-4-5-6-7-8-9-10-11-12-13-14-15-16-22-17-18-23-19-20-25-24(23)21-22/h17-21H,2-16H2,1H3. The molecule has 0 fully saturated rings. The monoisotopic (exact) mass is 358 g/mol. The maximum absolute atomic E-state index is 2.39. The first-order valence-electron chi connectivity index (χ1n) is 10.9. The van der Waals surface area contributed by atoms with Crippen LogP contribution in [-0.2, 0) is 6.42 Å². The lowest BCUT2D eigenvalue weighted by Crippen LogP contribution is -1.86. The fourth-order valence-corrected chi connectivity index (χ4v) is 4.53. The Morgan fingerprint density at radius 1 is 0.640 bits per heavy atom. The van der Waals surface area contributed by atoms with Crippen LogP contribution >= 0.6 is 11.3 Å². The number of aryl methyl sites for hydroxylation is 1. The van der Waals surface area contributed by atoms with Crippen molar-refractivity contribution in [2.45, 2.75) is 103 Å². The van der Waals surface area contributed by atoms with Gasteiger partial charge in [-0.3, -0.25) is 0 Å². The Morgan fingerprint density at radius 2 is 1.20 bits per heavy atom. The molecule has 25 heavy (non-hydrogen) atoms. The van der Waals surface area contributed by atoms with Crippen molar-refractivity contribution >= 4 is 21.4 Å². The van der Waals surface area contributed by atoms with Crippen LogP contribution in [0, 0.1) is 0 Å². The second kappa shape index (κ2) is 13.4. The van der Waals surface area contributed by atoms with Crippen molar-refractivity contribution < 1.29 is 0 Å². The molecule has 1 heterocycles. The number of unbranched alkanes of at least 4 members (excludes halogenated alkanes) is 13. The van der Waals surface area contributed by atoms with E-state index < -0.39 is 0 Å². The Labute approximate surface area is 160 Å². The topological polar surface area (TPSA) is 0 Å². The van der Waals surface area contributed by atoms with E-state index in [9.17, 15) is 0 Å². The van der Waals surface area contributed by atoms with Crippen LogP contribution < -0.4 is 0 Å². The molecule has 1 aromatic heterocycles. The molecule has 0 radical (unpaired) electrons. The van der Waals surface area contributed by atoms with Crippen LogP contribution in [-0.4, -0.2) is 0 Å². The summed E-state index contributed by atoms with van der Waals surface area (Å²) >= 11 is 1.86. The summed E-state index contributed by atoms with van der Waals surface area (Å²) in [5.74, 6) is 0. The van der Waals surface area contributed by atoms with Crippen LogP contribution in [0.25, 0.3) is 10.1 Å². The molecule has 2 rings (SSSR count). The highest BCUT2D eigenvalue weighted by atomic mass is 32.1. The summed E-state index contributed by atoms with van der Waals surface area (Å²) in [6.45, 7) is 2.30. The van der Waals surface area contributed by atoms with Gasteiger partial charge in [0.15, 0.2) is 0 Å². The molecule has 0 saturated heterocycles. The Hall–Kier alpha value is -0.820. The number of rotatable bonds is 15. The molecular weight excluding hydrogens is 320 g/mol. The minimum Gasteiger partial charge on any atom is -0.144 e. The second-order valence-electron chi connectivity index (χ2n) is 7.64. The van der Waals surface area contributed by atoms with Crippen molar-refractivity contribution in [3.63, 3.8) is 0 Å². The third-order valence-corrected chi connectivity index (χ3v) is 6.22. The summed E-state index contributed by atoms with van der Waals surface area (Å²) in [4.78, 5) is 0. The van der Waals surface area contributed by atoms with Gasteiger partial charge in [-0.2, -0.15) is 0 Å². The Balaban J connectivity index is 1.36. The highest BCUT2D eigenvalue weighted by molar-refractivity contribution is 7.17. The Morgan fingerprint density at radius 3 is 1.80 bits per heavy atom. The van der Waals surface area contributed by atoms with E-state index in [1.165, 1.54) is 112 Å². The average molecular weight is 359 g/mol. The van der Waals surface area contributed by atoms with Crippen molar-refractivity contribution in [3.05, 3.63) is 35.2 Å². The summed E-state index contributed by atoms with van der Waals surface area (Å²) in [6.07, 6.45) is 21.4. The molecule has 0 spiro atoms. The summed E-state index contributed by atoms with van der Waals surface area (Å²) in [5, 5.41) is 3.59. The van der Waals surface area contributed by atoms with Crippen LogP contribution in [0.1, 0.15) is 102 Å². The van der Waals surface area contributed by atoms with Gasteiger partial charge in [0.25, 0.3) is 0 Å². The van der Waals surface area contributed by atoms with Crippen molar-refractivity contribution in [1.82, 2.24) is 0 Å². The Bertz CT molecular complexity index is 554. The number of fused-ring (bicyclic) bond motifs is 1. The normalized spacial score (nSPS) is 11.4. The maximum Gasteiger partial charge on any atom is 0.0345 e. The molecular formula is C24H38S. The van der Waals surface area contributed by atoms with Gasteiger partial charge in [0.05, 0.1) is 0 Å². The van der Waals surface area contributed by atoms with E-state index in [-0.39, 0.29) is 0 Å². The van der Waals surface area contributed by atoms with Crippen LogP contribution in [0.4, 0.5) is 0 Å². The average Bonchev–Trinajstić information content (AvgIpc) is 3.10. The van der Waals surface area contributed by atoms with E-state index >= 15 is 0 Å². The van der Waals surface area contributed by atoms with Gasteiger partial charge in [-0.05, 0) is 41.3 Å². The first kappa shape index (κ1) is 20.5. The SMILES string of the molecule is CCCCCCCCCCCCCCCCc1ccc2ccsc2c1. The molecule has 0 N–H and O–H groups in total. The smallest absolute Gasteiger partial charge is 0.0345 e.